The highest BCUT2D eigenvalue weighted by molar-refractivity contribution is 6.38. The molecule has 0 aliphatic heterocycles. The number of aromatic nitrogens is 1. The molecule has 0 atom stereocenters. The highest BCUT2D eigenvalue weighted by Crippen LogP contribution is 2.31. The van der Waals surface area contributed by atoms with Gasteiger partial charge in [0.25, 0.3) is 5.69 Å². The van der Waals surface area contributed by atoms with Crippen LogP contribution in [0.3, 0.4) is 0 Å². The van der Waals surface area contributed by atoms with Crippen LogP contribution in [0.25, 0.3) is 10.9 Å². The maximum atomic E-state index is 11.7. The summed E-state index contributed by atoms with van der Waals surface area (Å²) in [4.78, 5) is 26.2. The molecule has 0 saturated carbocycles. The Morgan fingerprint density at radius 3 is 2.80 bits per heavy atom. The van der Waals surface area contributed by atoms with Crippen LogP contribution in [0.4, 0.5) is 5.69 Å². The highest BCUT2D eigenvalue weighted by atomic mass is 35.5. The van der Waals surface area contributed by atoms with Crippen LogP contribution >= 0.6 is 11.6 Å². The molecule has 2 aromatic rings. The lowest BCUT2D eigenvalue weighted by Gasteiger charge is -2.08. The van der Waals surface area contributed by atoms with Gasteiger partial charge in [0.15, 0.2) is 0 Å². The molecule has 0 aliphatic rings. The van der Waals surface area contributed by atoms with Gasteiger partial charge in [-0.2, -0.15) is 0 Å². The molecule has 2 rings (SSSR count). The molecule has 7 heteroatoms. The van der Waals surface area contributed by atoms with E-state index in [0.717, 1.165) is 0 Å². The third kappa shape index (κ3) is 2.42. The minimum Gasteiger partial charge on any atom is -0.462 e. The highest BCUT2D eigenvalue weighted by Gasteiger charge is 2.18. The SMILES string of the molecule is CCOC(=O)c1cnc2c(C)cc([N+](=O)[O-])cc2c1Cl. The van der Waals surface area contributed by atoms with E-state index < -0.39 is 10.9 Å². The number of halogens is 1. The first-order valence-electron chi connectivity index (χ1n) is 5.86. The summed E-state index contributed by atoms with van der Waals surface area (Å²) in [6.07, 6.45) is 1.32. The van der Waals surface area contributed by atoms with E-state index in [9.17, 15) is 14.9 Å². The van der Waals surface area contributed by atoms with Crippen molar-refractivity contribution >= 4 is 34.2 Å². The molecule has 1 aromatic heterocycles. The zero-order valence-corrected chi connectivity index (χ0v) is 11.6. The van der Waals surface area contributed by atoms with Crippen molar-refractivity contribution < 1.29 is 14.5 Å². The summed E-state index contributed by atoms with van der Waals surface area (Å²) in [5.41, 5.74) is 1.14. The molecule has 0 fully saturated rings. The van der Waals surface area contributed by atoms with Gasteiger partial charge in [0.05, 0.1) is 27.6 Å². The van der Waals surface area contributed by atoms with E-state index in [0.29, 0.717) is 16.5 Å². The fourth-order valence-electron chi connectivity index (χ4n) is 1.89. The second kappa shape index (κ2) is 5.42. The molecular formula is C13H11ClN2O4. The Bertz CT molecular complexity index is 715. The molecule has 20 heavy (non-hydrogen) atoms. The Hall–Kier alpha value is -2.21. The third-order valence-corrected chi connectivity index (χ3v) is 3.19. The number of hydrogen-bond donors (Lipinski definition) is 0. The van der Waals surface area contributed by atoms with Crippen molar-refractivity contribution in [3.63, 3.8) is 0 Å². The number of carbonyl (C=O) groups is 1. The predicted octanol–water partition coefficient (Wildman–Crippen LogP) is 3.28. The number of non-ortho nitro benzene ring substituents is 1. The number of benzene rings is 1. The average Bonchev–Trinajstić information content (AvgIpc) is 2.39. The summed E-state index contributed by atoms with van der Waals surface area (Å²) in [7, 11) is 0. The van der Waals surface area contributed by atoms with E-state index in [2.05, 4.69) is 4.98 Å². The minimum atomic E-state index is -0.601. The number of carbonyl (C=O) groups excluding carboxylic acids is 1. The molecule has 0 spiro atoms. The Morgan fingerprint density at radius 2 is 2.20 bits per heavy atom. The fourth-order valence-corrected chi connectivity index (χ4v) is 2.16. The Balaban J connectivity index is 2.70. The van der Waals surface area contributed by atoms with Crippen LogP contribution < -0.4 is 0 Å². The van der Waals surface area contributed by atoms with Crippen molar-refractivity contribution in [3.05, 3.63) is 44.6 Å². The molecule has 1 aromatic carbocycles. The molecule has 0 N–H and O–H groups in total. The summed E-state index contributed by atoms with van der Waals surface area (Å²) in [5.74, 6) is -0.601. The van der Waals surface area contributed by atoms with Crippen molar-refractivity contribution in [1.29, 1.82) is 0 Å². The number of pyridine rings is 1. The Labute approximate surface area is 119 Å². The van der Waals surface area contributed by atoms with Gasteiger partial charge in [-0.15, -0.1) is 0 Å². The molecular weight excluding hydrogens is 284 g/mol. The first-order chi connectivity index (χ1) is 9.45. The molecule has 0 aliphatic carbocycles. The summed E-state index contributed by atoms with van der Waals surface area (Å²) >= 11 is 6.16. The second-order valence-corrected chi connectivity index (χ2v) is 4.50. The van der Waals surface area contributed by atoms with E-state index in [1.807, 2.05) is 0 Å². The smallest absolute Gasteiger partial charge is 0.341 e. The topological polar surface area (TPSA) is 82.3 Å². The van der Waals surface area contributed by atoms with Crippen LogP contribution in [0.5, 0.6) is 0 Å². The van der Waals surface area contributed by atoms with Crippen LogP contribution in [0.15, 0.2) is 18.3 Å². The molecule has 0 bridgehead atoms. The second-order valence-electron chi connectivity index (χ2n) is 4.12. The molecule has 104 valence electrons. The van der Waals surface area contributed by atoms with Gasteiger partial charge in [0.1, 0.15) is 0 Å². The molecule has 0 amide bonds. The standard InChI is InChI=1S/C13H11ClN2O4/c1-3-20-13(17)10-6-15-12-7(2)4-8(16(18)19)5-9(12)11(10)14/h4-6H,3H2,1-2H3. The quantitative estimate of drug-likeness (QED) is 0.493. The summed E-state index contributed by atoms with van der Waals surface area (Å²) in [6.45, 7) is 3.58. The van der Waals surface area contributed by atoms with Gasteiger partial charge >= 0.3 is 5.97 Å². The van der Waals surface area contributed by atoms with Crippen LogP contribution in [0, 0.1) is 17.0 Å². The van der Waals surface area contributed by atoms with Crippen LogP contribution in [-0.2, 0) is 4.74 Å². The number of nitrogens with zero attached hydrogens (tertiary/aromatic N) is 2. The average molecular weight is 295 g/mol. The van der Waals surface area contributed by atoms with Gasteiger partial charge in [0, 0.05) is 23.7 Å². The van der Waals surface area contributed by atoms with Crippen molar-refractivity contribution in [2.24, 2.45) is 0 Å². The minimum absolute atomic E-state index is 0.0975. The van der Waals surface area contributed by atoms with E-state index in [1.165, 1.54) is 18.3 Å². The zero-order valence-electron chi connectivity index (χ0n) is 10.8. The summed E-state index contributed by atoms with van der Waals surface area (Å²) in [5, 5.41) is 11.4. The van der Waals surface area contributed by atoms with Crippen molar-refractivity contribution in [1.82, 2.24) is 4.98 Å². The Morgan fingerprint density at radius 1 is 1.50 bits per heavy atom. The fraction of sp³-hybridized carbons (Fsp3) is 0.231. The van der Waals surface area contributed by atoms with Gasteiger partial charge in [0.2, 0.25) is 0 Å². The number of nitro benzene ring substituents is 1. The van der Waals surface area contributed by atoms with E-state index >= 15 is 0 Å². The van der Waals surface area contributed by atoms with Crippen molar-refractivity contribution in [3.8, 4) is 0 Å². The van der Waals surface area contributed by atoms with Crippen LogP contribution in [0.1, 0.15) is 22.8 Å². The lowest BCUT2D eigenvalue weighted by Crippen LogP contribution is -2.06. The van der Waals surface area contributed by atoms with Crippen LogP contribution in [0.2, 0.25) is 5.02 Å². The van der Waals surface area contributed by atoms with E-state index in [4.69, 9.17) is 16.3 Å². The summed E-state index contributed by atoms with van der Waals surface area (Å²) in [6, 6.07) is 2.72. The Kier molecular flexibility index (Phi) is 3.85. The van der Waals surface area contributed by atoms with Gasteiger partial charge < -0.3 is 4.74 Å². The first kappa shape index (κ1) is 14.2. The number of ether oxygens (including phenoxy) is 1. The zero-order chi connectivity index (χ0) is 14.9. The number of esters is 1. The van der Waals surface area contributed by atoms with Gasteiger partial charge in [-0.3, -0.25) is 15.1 Å². The molecule has 6 nitrogen and oxygen atoms in total. The molecule has 0 saturated heterocycles. The number of fused-ring (bicyclic) bond motifs is 1. The van der Waals surface area contributed by atoms with Crippen LogP contribution in [-0.4, -0.2) is 22.5 Å². The molecule has 0 radical (unpaired) electrons. The number of hydrogen-bond acceptors (Lipinski definition) is 5. The first-order valence-corrected chi connectivity index (χ1v) is 6.23. The van der Waals surface area contributed by atoms with Gasteiger partial charge in [-0.25, -0.2) is 4.79 Å². The monoisotopic (exact) mass is 294 g/mol. The maximum Gasteiger partial charge on any atom is 0.341 e. The van der Waals surface area contributed by atoms with E-state index in [1.54, 1.807) is 13.8 Å². The largest absolute Gasteiger partial charge is 0.462 e. The third-order valence-electron chi connectivity index (χ3n) is 2.79. The van der Waals surface area contributed by atoms with Gasteiger partial charge in [-0.1, -0.05) is 11.6 Å². The van der Waals surface area contributed by atoms with Crippen molar-refractivity contribution in [2.75, 3.05) is 6.61 Å². The van der Waals surface area contributed by atoms with E-state index in [-0.39, 0.29) is 22.9 Å². The summed E-state index contributed by atoms with van der Waals surface area (Å²) < 4.78 is 4.87. The normalized spacial score (nSPS) is 10.6. The molecule has 1 heterocycles. The number of rotatable bonds is 3. The van der Waals surface area contributed by atoms with Gasteiger partial charge in [-0.05, 0) is 19.4 Å². The maximum absolute atomic E-state index is 11.7. The molecule has 0 unspecified atom stereocenters. The lowest BCUT2D eigenvalue weighted by molar-refractivity contribution is -0.384. The predicted molar refractivity (Wildman–Crippen MR) is 74.1 cm³/mol. The van der Waals surface area contributed by atoms with Crippen molar-refractivity contribution in [2.45, 2.75) is 13.8 Å². The number of aryl methyl sites for hydroxylation is 1. The number of nitro groups is 1. The lowest BCUT2D eigenvalue weighted by atomic mass is 10.1.